The Bertz CT molecular complexity index is 559. The molecule has 4 nitrogen and oxygen atoms in total. The molecule has 4 aliphatic carbocycles. The van der Waals surface area contributed by atoms with E-state index in [2.05, 4.69) is 19.0 Å². The quantitative estimate of drug-likeness (QED) is 0.633. The Hall–Kier alpha value is -0.480. The molecule has 0 aromatic heterocycles. The fourth-order valence-corrected chi connectivity index (χ4v) is 8.22. The predicted molar refractivity (Wildman–Crippen MR) is 95.9 cm³/mol. The average Bonchev–Trinajstić information content (AvgIpc) is 3.21. The average molecular weight is 347 g/mol. The van der Waals surface area contributed by atoms with Gasteiger partial charge in [-0.3, -0.25) is 0 Å². The Labute approximate surface area is 151 Å². The molecule has 1 heterocycles. The predicted octanol–water partition coefficient (Wildman–Crippen LogP) is 4.91. The van der Waals surface area contributed by atoms with Crippen molar-refractivity contribution < 1.29 is 9.47 Å². The Morgan fingerprint density at radius 1 is 0.880 bits per heavy atom. The van der Waals surface area contributed by atoms with Crippen LogP contribution in [-0.4, -0.2) is 25.0 Å². The summed E-state index contributed by atoms with van der Waals surface area (Å²) < 4.78 is 12.5. The van der Waals surface area contributed by atoms with Gasteiger partial charge in [-0.25, -0.2) is 0 Å². The molecule has 7 atom stereocenters. The van der Waals surface area contributed by atoms with E-state index in [9.17, 15) is 4.91 Å². The van der Waals surface area contributed by atoms with Crippen LogP contribution in [0.4, 0.5) is 0 Å². The highest BCUT2D eigenvalue weighted by Crippen LogP contribution is 2.69. The SMILES string of the molecule is C[C@]12CCC(N=O)C[C@@H]1CC[C@@H]1[C@@H]2CC[C@@]2(C)[C@H]1CCC21OCCO1. The Balaban J connectivity index is 1.43. The van der Waals surface area contributed by atoms with Crippen LogP contribution in [0.3, 0.4) is 0 Å². The third-order valence-electron chi connectivity index (χ3n) is 9.59. The minimum Gasteiger partial charge on any atom is -0.347 e. The largest absolute Gasteiger partial charge is 0.347 e. The van der Waals surface area contributed by atoms with Crippen molar-refractivity contribution in [1.29, 1.82) is 0 Å². The van der Waals surface area contributed by atoms with Gasteiger partial charge in [0.25, 0.3) is 0 Å². The normalized spacial score (nSPS) is 53.9. The zero-order valence-corrected chi connectivity index (χ0v) is 15.8. The minimum atomic E-state index is -0.278. The summed E-state index contributed by atoms with van der Waals surface area (Å²) in [5, 5.41) is 3.40. The van der Waals surface area contributed by atoms with E-state index in [1.54, 1.807) is 0 Å². The van der Waals surface area contributed by atoms with Gasteiger partial charge in [0.2, 0.25) is 0 Å². The van der Waals surface area contributed by atoms with Crippen LogP contribution in [0.25, 0.3) is 0 Å². The van der Waals surface area contributed by atoms with Gasteiger partial charge >= 0.3 is 0 Å². The van der Waals surface area contributed by atoms with Crippen LogP contribution in [0.5, 0.6) is 0 Å². The maximum atomic E-state index is 11.1. The summed E-state index contributed by atoms with van der Waals surface area (Å²) in [7, 11) is 0. The zero-order valence-electron chi connectivity index (χ0n) is 15.8. The Morgan fingerprint density at radius 2 is 1.64 bits per heavy atom. The molecule has 140 valence electrons. The zero-order chi connectivity index (χ0) is 17.3. The second kappa shape index (κ2) is 5.51. The second-order valence-electron chi connectivity index (χ2n) is 10.1. The van der Waals surface area contributed by atoms with Crippen molar-refractivity contribution in [1.82, 2.24) is 0 Å². The Kier molecular flexibility index (Phi) is 3.68. The highest BCUT2D eigenvalue weighted by molar-refractivity contribution is 5.13. The van der Waals surface area contributed by atoms with Crippen LogP contribution >= 0.6 is 0 Å². The molecule has 1 aliphatic heterocycles. The van der Waals surface area contributed by atoms with E-state index >= 15 is 0 Å². The molecule has 1 unspecified atom stereocenters. The molecule has 4 heteroatoms. The van der Waals surface area contributed by atoms with E-state index in [0.29, 0.717) is 11.3 Å². The summed E-state index contributed by atoms with van der Waals surface area (Å²) in [5.74, 6) is 2.84. The lowest BCUT2D eigenvalue weighted by Crippen LogP contribution is -2.57. The molecular formula is C21H33NO3. The van der Waals surface area contributed by atoms with E-state index in [0.717, 1.165) is 50.2 Å². The van der Waals surface area contributed by atoms with Crippen molar-refractivity contribution in [3.63, 3.8) is 0 Å². The van der Waals surface area contributed by atoms with Crippen LogP contribution in [0.15, 0.2) is 5.18 Å². The van der Waals surface area contributed by atoms with Crippen molar-refractivity contribution in [3.05, 3.63) is 4.91 Å². The Morgan fingerprint density at radius 3 is 2.40 bits per heavy atom. The smallest absolute Gasteiger partial charge is 0.174 e. The van der Waals surface area contributed by atoms with Gasteiger partial charge in [-0.1, -0.05) is 19.0 Å². The molecule has 5 rings (SSSR count). The molecule has 5 fully saturated rings. The first-order valence-corrected chi connectivity index (χ1v) is 10.6. The first-order valence-electron chi connectivity index (χ1n) is 10.6. The topological polar surface area (TPSA) is 47.9 Å². The standard InChI is InChI=1S/C21H33NO3/c1-19-8-5-15(22-23)13-14(19)3-4-16-17(19)6-9-20(2)18(16)7-10-21(20)24-11-12-25-21/h14-18H,3-13H2,1-2H3/t14-,15?,16+,17-,18-,19-,20-/m0/s1. The fourth-order valence-electron chi connectivity index (χ4n) is 8.22. The first-order chi connectivity index (χ1) is 12.0. The van der Waals surface area contributed by atoms with Crippen LogP contribution < -0.4 is 0 Å². The van der Waals surface area contributed by atoms with E-state index in [1.165, 1.54) is 38.5 Å². The molecule has 0 aromatic rings. The summed E-state index contributed by atoms with van der Waals surface area (Å²) >= 11 is 0. The molecule has 5 aliphatic rings. The maximum Gasteiger partial charge on any atom is 0.174 e. The molecule has 0 bridgehead atoms. The number of nitroso groups, excluding NO2 is 1. The number of hydrogen-bond acceptors (Lipinski definition) is 4. The lowest BCUT2D eigenvalue weighted by molar-refractivity contribution is -0.247. The highest BCUT2D eigenvalue weighted by Gasteiger charge is 2.67. The molecule has 1 spiro atoms. The third kappa shape index (κ3) is 2.07. The van der Waals surface area contributed by atoms with Gasteiger partial charge in [0.1, 0.15) is 0 Å². The monoisotopic (exact) mass is 347 g/mol. The van der Waals surface area contributed by atoms with Crippen LogP contribution in [0.1, 0.15) is 71.6 Å². The van der Waals surface area contributed by atoms with Crippen molar-refractivity contribution in [2.45, 2.75) is 83.5 Å². The van der Waals surface area contributed by atoms with Gasteiger partial charge in [-0.2, -0.15) is 4.91 Å². The maximum absolute atomic E-state index is 11.1. The van der Waals surface area contributed by atoms with Crippen molar-refractivity contribution in [2.75, 3.05) is 13.2 Å². The van der Waals surface area contributed by atoms with E-state index in [1.807, 2.05) is 0 Å². The first kappa shape index (κ1) is 16.7. The van der Waals surface area contributed by atoms with Crippen LogP contribution in [0.2, 0.25) is 0 Å². The summed E-state index contributed by atoms with van der Waals surface area (Å²) in [6.07, 6.45) is 10.8. The van der Waals surface area contributed by atoms with Crippen LogP contribution in [-0.2, 0) is 9.47 Å². The second-order valence-corrected chi connectivity index (χ2v) is 10.1. The lowest BCUT2D eigenvalue weighted by Gasteiger charge is -2.61. The number of rotatable bonds is 1. The number of hydrogen-bond donors (Lipinski definition) is 0. The molecule has 25 heavy (non-hydrogen) atoms. The molecule has 4 saturated carbocycles. The minimum absolute atomic E-state index is 0.0820. The van der Waals surface area contributed by atoms with E-state index in [-0.39, 0.29) is 17.2 Å². The van der Waals surface area contributed by atoms with E-state index < -0.39 is 0 Å². The number of nitrogens with zero attached hydrogens (tertiary/aromatic N) is 1. The number of fused-ring (bicyclic) bond motifs is 6. The summed E-state index contributed by atoms with van der Waals surface area (Å²) in [6, 6.07) is 0.0820. The summed E-state index contributed by atoms with van der Waals surface area (Å²) in [5.41, 5.74) is 0.633. The summed E-state index contributed by atoms with van der Waals surface area (Å²) in [6.45, 7) is 6.56. The van der Waals surface area contributed by atoms with Gasteiger partial charge in [-0.05, 0) is 80.5 Å². The van der Waals surface area contributed by atoms with Crippen molar-refractivity contribution in [2.24, 2.45) is 39.7 Å². The fraction of sp³-hybridized carbons (Fsp3) is 1.00. The van der Waals surface area contributed by atoms with Crippen LogP contribution in [0, 0.1) is 39.4 Å². The molecular weight excluding hydrogens is 314 g/mol. The molecule has 0 amide bonds. The van der Waals surface area contributed by atoms with Gasteiger partial charge in [0, 0.05) is 11.8 Å². The molecule has 0 aromatic carbocycles. The van der Waals surface area contributed by atoms with Crippen molar-refractivity contribution >= 4 is 0 Å². The van der Waals surface area contributed by atoms with Crippen molar-refractivity contribution in [3.8, 4) is 0 Å². The van der Waals surface area contributed by atoms with Gasteiger partial charge in [0.15, 0.2) is 5.79 Å². The summed E-state index contributed by atoms with van der Waals surface area (Å²) in [4.78, 5) is 11.1. The molecule has 1 saturated heterocycles. The van der Waals surface area contributed by atoms with Gasteiger partial charge < -0.3 is 9.47 Å². The van der Waals surface area contributed by atoms with Gasteiger partial charge in [-0.15, -0.1) is 0 Å². The van der Waals surface area contributed by atoms with Gasteiger partial charge in [0.05, 0.1) is 19.3 Å². The number of ether oxygens (including phenoxy) is 2. The third-order valence-corrected chi connectivity index (χ3v) is 9.59. The molecule has 0 N–H and O–H groups in total. The van der Waals surface area contributed by atoms with E-state index in [4.69, 9.17) is 9.47 Å². The highest BCUT2D eigenvalue weighted by atomic mass is 16.7. The lowest BCUT2D eigenvalue weighted by atomic mass is 9.45. The molecule has 0 radical (unpaired) electrons.